The van der Waals surface area contributed by atoms with E-state index in [2.05, 4.69) is 31.0 Å². The third-order valence-corrected chi connectivity index (χ3v) is 11.0. The van der Waals surface area contributed by atoms with E-state index in [9.17, 15) is 9.59 Å². The largest absolute Gasteiger partial charge is 0.462 e. The van der Waals surface area contributed by atoms with Crippen molar-refractivity contribution in [1.29, 1.82) is 0 Å². The van der Waals surface area contributed by atoms with Gasteiger partial charge in [0.05, 0.1) is 0 Å². The van der Waals surface area contributed by atoms with E-state index in [1.807, 2.05) is 6.92 Å². The maximum Gasteiger partial charge on any atom is 0.306 e. The summed E-state index contributed by atoms with van der Waals surface area (Å²) in [5.41, 5.74) is 0. The molecule has 0 atom stereocenters. The van der Waals surface area contributed by atoms with Gasteiger partial charge in [0.25, 0.3) is 0 Å². The Bertz CT molecular complexity index is 713. The van der Waals surface area contributed by atoms with E-state index in [-0.39, 0.29) is 18.0 Å². The third kappa shape index (κ3) is 38.6. The predicted octanol–water partition coefficient (Wildman–Crippen LogP) is 14.4. The van der Waals surface area contributed by atoms with Crippen molar-refractivity contribution in [3.05, 3.63) is 0 Å². The van der Waals surface area contributed by atoms with Gasteiger partial charge in [0.15, 0.2) is 0 Å². The first-order valence-corrected chi connectivity index (χ1v) is 23.8. The highest BCUT2D eigenvalue weighted by Crippen LogP contribution is 2.19. The SMILES string of the molecule is CCCCCCCCCCCCCCCCN(CCCCCCCC(=O)OC(CCCCCCCC)CCCCCCCC)CCCNC(=O)CC. The number of amides is 1. The van der Waals surface area contributed by atoms with Crippen molar-refractivity contribution in [2.24, 2.45) is 0 Å². The molecule has 0 saturated carbocycles. The zero-order chi connectivity index (χ0) is 38.0. The summed E-state index contributed by atoms with van der Waals surface area (Å²) in [5.74, 6) is 0.199. The Labute approximate surface area is 326 Å². The van der Waals surface area contributed by atoms with Crippen LogP contribution >= 0.6 is 0 Å². The van der Waals surface area contributed by atoms with Gasteiger partial charge in [-0.15, -0.1) is 0 Å². The summed E-state index contributed by atoms with van der Waals surface area (Å²) < 4.78 is 6.06. The molecule has 0 fully saturated rings. The van der Waals surface area contributed by atoms with Crippen molar-refractivity contribution in [2.75, 3.05) is 26.2 Å². The van der Waals surface area contributed by atoms with Crippen LogP contribution in [0, 0.1) is 0 Å². The van der Waals surface area contributed by atoms with Crippen LogP contribution in [-0.4, -0.2) is 49.1 Å². The Hall–Kier alpha value is -1.10. The molecule has 5 nitrogen and oxygen atoms in total. The summed E-state index contributed by atoms with van der Waals surface area (Å²) in [5, 5.41) is 3.05. The number of nitrogens with one attached hydrogen (secondary N) is 1. The molecule has 0 aliphatic heterocycles. The standard InChI is InChI=1S/C47H94N2O3/c1-5-9-12-15-18-19-20-21-22-23-24-25-30-35-42-49(44-37-41-48-46(50)8-4)43-36-31-26-29-34-40-47(51)52-45(38-32-27-16-13-10-6-2)39-33-28-17-14-11-7-3/h45H,5-44H2,1-4H3,(H,48,50). The molecular formula is C47H94N2O3. The van der Waals surface area contributed by atoms with E-state index in [1.54, 1.807) is 0 Å². The van der Waals surface area contributed by atoms with Crippen molar-refractivity contribution in [2.45, 2.75) is 265 Å². The second-order valence-electron chi connectivity index (χ2n) is 16.2. The number of carbonyl (C=O) groups excluding carboxylic acids is 2. The number of ether oxygens (including phenoxy) is 1. The molecule has 0 spiro atoms. The van der Waals surface area contributed by atoms with Crippen LogP contribution in [0.1, 0.15) is 259 Å². The van der Waals surface area contributed by atoms with Gasteiger partial charge in [-0.1, -0.05) is 195 Å². The predicted molar refractivity (Wildman–Crippen MR) is 228 cm³/mol. The molecule has 0 heterocycles. The molecule has 1 amide bonds. The van der Waals surface area contributed by atoms with Gasteiger partial charge in [0, 0.05) is 19.4 Å². The molecular weight excluding hydrogens is 641 g/mol. The number of rotatable bonds is 43. The van der Waals surface area contributed by atoms with Gasteiger partial charge in [-0.05, 0) is 71.0 Å². The number of hydrogen-bond acceptors (Lipinski definition) is 4. The molecule has 0 aliphatic carbocycles. The minimum Gasteiger partial charge on any atom is -0.462 e. The molecule has 0 aromatic heterocycles. The maximum absolute atomic E-state index is 12.8. The highest BCUT2D eigenvalue weighted by Gasteiger charge is 2.14. The van der Waals surface area contributed by atoms with Crippen molar-refractivity contribution in [3.8, 4) is 0 Å². The summed E-state index contributed by atoms with van der Waals surface area (Å²) in [6.07, 6.45) is 45.3. The Morgan fingerprint density at radius 2 is 0.788 bits per heavy atom. The highest BCUT2D eigenvalue weighted by atomic mass is 16.5. The topological polar surface area (TPSA) is 58.6 Å². The van der Waals surface area contributed by atoms with E-state index < -0.39 is 0 Å². The average Bonchev–Trinajstić information content (AvgIpc) is 3.15. The molecule has 1 N–H and O–H groups in total. The number of carbonyl (C=O) groups is 2. The van der Waals surface area contributed by atoms with Crippen LogP contribution in [0.5, 0.6) is 0 Å². The minimum absolute atomic E-state index is 0.0384. The van der Waals surface area contributed by atoms with Gasteiger partial charge in [-0.3, -0.25) is 9.59 Å². The van der Waals surface area contributed by atoms with Crippen molar-refractivity contribution in [1.82, 2.24) is 10.2 Å². The lowest BCUT2D eigenvalue weighted by atomic mass is 10.0. The van der Waals surface area contributed by atoms with Crippen LogP contribution in [-0.2, 0) is 14.3 Å². The molecule has 5 heteroatoms. The van der Waals surface area contributed by atoms with Gasteiger partial charge >= 0.3 is 5.97 Å². The van der Waals surface area contributed by atoms with Crippen molar-refractivity contribution < 1.29 is 14.3 Å². The van der Waals surface area contributed by atoms with Gasteiger partial charge < -0.3 is 15.0 Å². The summed E-state index contributed by atoms with van der Waals surface area (Å²) in [7, 11) is 0. The van der Waals surface area contributed by atoms with Gasteiger partial charge in [-0.25, -0.2) is 0 Å². The van der Waals surface area contributed by atoms with E-state index in [1.165, 1.54) is 193 Å². The lowest BCUT2D eigenvalue weighted by Gasteiger charge is -2.22. The molecule has 0 bridgehead atoms. The minimum atomic E-state index is 0.0384. The fourth-order valence-corrected chi connectivity index (χ4v) is 7.47. The Morgan fingerprint density at radius 1 is 0.442 bits per heavy atom. The van der Waals surface area contributed by atoms with Crippen LogP contribution in [0.3, 0.4) is 0 Å². The van der Waals surface area contributed by atoms with Crippen LogP contribution < -0.4 is 5.32 Å². The normalized spacial score (nSPS) is 11.6. The Kier molecular flexibility index (Phi) is 41.7. The molecule has 0 aliphatic rings. The fraction of sp³-hybridized carbons (Fsp3) is 0.957. The molecule has 52 heavy (non-hydrogen) atoms. The summed E-state index contributed by atoms with van der Waals surface area (Å²) in [4.78, 5) is 27.1. The third-order valence-electron chi connectivity index (χ3n) is 11.0. The molecule has 0 radical (unpaired) electrons. The first-order chi connectivity index (χ1) is 25.6. The van der Waals surface area contributed by atoms with E-state index >= 15 is 0 Å². The molecule has 0 saturated heterocycles. The highest BCUT2D eigenvalue weighted by molar-refractivity contribution is 5.75. The second-order valence-corrected chi connectivity index (χ2v) is 16.2. The maximum atomic E-state index is 12.8. The number of nitrogens with zero attached hydrogens (tertiary/aromatic N) is 1. The molecule has 0 unspecified atom stereocenters. The van der Waals surface area contributed by atoms with Crippen molar-refractivity contribution >= 4 is 11.9 Å². The quantitative estimate of drug-likeness (QED) is 0.0500. The molecule has 0 rings (SSSR count). The van der Waals surface area contributed by atoms with Gasteiger partial charge in [-0.2, -0.15) is 0 Å². The first kappa shape index (κ1) is 50.9. The zero-order valence-electron chi connectivity index (χ0n) is 36.0. The zero-order valence-corrected chi connectivity index (χ0v) is 36.0. The molecule has 310 valence electrons. The van der Waals surface area contributed by atoms with Crippen LogP contribution in [0.4, 0.5) is 0 Å². The van der Waals surface area contributed by atoms with Crippen LogP contribution in [0.2, 0.25) is 0 Å². The Morgan fingerprint density at radius 3 is 1.19 bits per heavy atom. The molecule has 0 aromatic rings. The summed E-state index contributed by atoms with van der Waals surface area (Å²) >= 11 is 0. The van der Waals surface area contributed by atoms with E-state index in [0.29, 0.717) is 12.8 Å². The lowest BCUT2D eigenvalue weighted by Crippen LogP contribution is -2.31. The van der Waals surface area contributed by atoms with Crippen LogP contribution in [0.15, 0.2) is 0 Å². The first-order valence-electron chi connectivity index (χ1n) is 23.8. The number of hydrogen-bond donors (Lipinski definition) is 1. The summed E-state index contributed by atoms with van der Waals surface area (Å²) in [6.45, 7) is 13.0. The number of esters is 1. The van der Waals surface area contributed by atoms with Crippen LogP contribution in [0.25, 0.3) is 0 Å². The van der Waals surface area contributed by atoms with E-state index in [4.69, 9.17) is 4.74 Å². The van der Waals surface area contributed by atoms with Gasteiger partial charge in [0.1, 0.15) is 6.10 Å². The second kappa shape index (κ2) is 42.6. The Balaban J connectivity index is 4.25. The monoisotopic (exact) mass is 735 g/mol. The van der Waals surface area contributed by atoms with E-state index in [0.717, 1.165) is 51.7 Å². The fourth-order valence-electron chi connectivity index (χ4n) is 7.47. The number of unbranched alkanes of at least 4 members (excludes halogenated alkanes) is 27. The molecule has 0 aromatic carbocycles. The van der Waals surface area contributed by atoms with Crippen molar-refractivity contribution in [3.63, 3.8) is 0 Å². The smallest absolute Gasteiger partial charge is 0.306 e. The average molecular weight is 735 g/mol. The summed E-state index contributed by atoms with van der Waals surface area (Å²) in [6, 6.07) is 0. The van der Waals surface area contributed by atoms with Gasteiger partial charge in [0.2, 0.25) is 5.91 Å². The lowest BCUT2D eigenvalue weighted by molar-refractivity contribution is -0.150.